The van der Waals surface area contributed by atoms with Gasteiger partial charge in [-0.25, -0.2) is 0 Å². The van der Waals surface area contributed by atoms with Crippen LogP contribution in [0.25, 0.3) is 0 Å². The van der Waals surface area contributed by atoms with Gasteiger partial charge in [0.15, 0.2) is 0 Å². The van der Waals surface area contributed by atoms with Crippen molar-refractivity contribution in [3.05, 3.63) is 23.8 Å². The molecule has 0 saturated carbocycles. The van der Waals surface area contributed by atoms with Crippen molar-refractivity contribution in [2.75, 3.05) is 27.3 Å². The van der Waals surface area contributed by atoms with Gasteiger partial charge in [0, 0.05) is 38.2 Å². The van der Waals surface area contributed by atoms with Crippen LogP contribution in [0.15, 0.2) is 18.2 Å². The molecule has 1 fully saturated rings. The van der Waals surface area contributed by atoms with Gasteiger partial charge in [-0.15, -0.1) is 0 Å². The lowest BCUT2D eigenvalue weighted by molar-refractivity contribution is -0.120. The molecule has 0 unspecified atom stereocenters. The van der Waals surface area contributed by atoms with Crippen molar-refractivity contribution < 1.29 is 19.4 Å². The van der Waals surface area contributed by atoms with E-state index in [0.717, 1.165) is 43.1 Å². The van der Waals surface area contributed by atoms with E-state index in [1.165, 1.54) is 6.92 Å². The molecule has 0 radical (unpaired) electrons. The van der Waals surface area contributed by atoms with E-state index in [0.29, 0.717) is 6.42 Å². The Morgan fingerprint density at radius 2 is 2.04 bits per heavy atom. The number of carbonyl (C=O) groups is 1. The highest BCUT2D eigenvalue weighted by molar-refractivity contribution is 5.73. The number of hydrogen-bond acceptors (Lipinski definition) is 5. The van der Waals surface area contributed by atoms with E-state index in [1.807, 2.05) is 18.2 Å². The Bertz CT molecular complexity index is 535. The fourth-order valence-corrected chi connectivity index (χ4v) is 2.95. The summed E-state index contributed by atoms with van der Waals surface area (Å²) in [6.45, 7) is 3.83. The average molecular weight is 322 g/mol. The minimum Gasteiger partial charge on any atom is -0.497 e. The molecule has 6 nitrogen and oxygen atoms in total. The minimum absolute atomic E-state index is 0.0978. The largest absolute Gasteiger partial charge is 0.497 e. The first-order valence-electron chi connectivity index (χ1n) is 7.92. The maximum absolute atomic E-state index is 11.2. The zero-order chi connectivity index (χ0) is 16.8. The number of amides is 1. The lowest BCUT2D eigenvalue weighted by atomic mass is 10.1. The molecule has 0 aromatic heterocycles. The molecule has 1 aromatic carbocycles. The van der Waals surface area contributed by atoms with Gasteiger partial charge in [0.05, 0.1) is 26.4 Å². The van der Waals surface area contributed by atoms with Gasteiger partial charge in [0.2, 0.25) is 5.91 Å². The Hall–Kier alpha value is -1.79. The third-order valence-corrected chi connectivity index (χ3v) is 4.24. The second-order valence-corrected chi connectivity index (χ2v) is 5.91. The predicted molar refractivity (Wildman–Crippen MR) is 87.7 cm³/mol. The lowest BCUT2D eigenvalue weighted by Crippen LogP contribution is -2.42. The van der Waals surface area contributed by atoms with E-state index < -0.39 is 6.10 Å². The molecule has 1 amide bonds. The molecule has 0 bridgehead atoms. The Labute approximate surface area is 137 Å². The van der Waals surface area contributed by atoms with E-state index >= 15 is 0 Å². The molecule has 128 valence electrons. The second kappa shape index (κ2) is 8.17. The molecule has 6 heteroatoms. The smallest absolute Gasteiger partial charge is 0.217 e. The van der Waals surface area contributed by atoms with Crippen molar-refractivity contribution in [2.24, 2.45) is 0 Å². The van der Waals surface area contributed by atoms with Crippen LogP contribution in [0, 0.1) is 0 Å². The quantitative estimate of drug-likeness (QED) is 0.851. The molecule has 1 aliphatic heterocycles. The van der Waals surface area contributed by atoms with Gasteiger partial charge in [-0.05, 0) is 18.9 Å². The van der Waals surface area contributed by atoms with Crippen LogP contribution in [0.3, 0.4) is 0 Å². The number of carbonyl (C=O) groups excluding carboxylic acids is 1. The Morgan fingerprint density at radius 1 is 1.30 bits per heavy atom. The summed E-state index contributed by atoms with van der Waals surface area (Å²) in [5, 5.41) is 13.0. The molecule has 1 heterocycles. The molecular formula is C17H26N2O4. The third-order valence-electron chi connectivity index (χ3n) is 4.24. The Balaban J connectivity index is 2.02. The molecule has 2 N–H and O–H groups in total. The number of aliphatic hydroxyl groups excluding tert-OH is 1. The minimum atomic E-state index is -0.498. The third kappa shape index (κ3) is 4.84. The van der Waals surface area contributed by atoms with Crippen molar-refractivity contribution in [1.82, 2.24) is 10.2 Å². The number of aliphatic hydroxyl groups is 1. The van der Waals surface area contributed by atoms with Crippen LogP contribution >= 0.6 is 0 Å². The average Bonchev–Trinajstić information content (AvgIpc) is 2.70. The first-order chi connectivity index (χ1) is 11.0. The number of ether oxygens (including phenoxy) is 2. The summed E-state index contributed by atoms with van der Waals surface area (Å²) in [5.74, 6) is 1.47. The van der Waals surface area contributed by atoms with Gasteiger partial charge in [0.1, 0.15) is 11.5 Å². The van der Waals surface area contributed by atoms with Crippen LogP contribution in [-0.4, -0.2) is 55.4 Å². The van der Waals surface area contributed by atoms with Crippen molar-refractivity contribution in [2.45, 2.75) is 38.5 Å². The second-order valence-electron chi connectivity index (χ2n) is 5.91. The van der Waals surface area contributed by atoms with E-state index in [-0.39, 0.29) is 11.9 Å². The van der Waals surface area contributed by atoms with Crippen molar-refractivity contribution in [1.29, 1.82) is 0 Å². The maximum atomic E-state index is 11.2. The first kappa shape index (κ1) is 17.6. The molecule has 1 aromatic rings. The summed E-state index contributed by atoms with van der Waals surface area (Å²) in [7, 11) is 3.28. The van der Waals surface area contributed by atoms with Gasteiger partial charge < -0.3 is 19.9 Å². The number of rotatable bonds is 5. The summed E-state index contributed by atoms with van der Waals surface area (Å²) in [5.41, 5.74) is 1.08. The highest BCUT2D eigenvalue weighted by Gasteiger charge is 2.25. The number of nitrogens with zero attached hydrogens (tertiary/aromatic N) is 1. The van der Waals surface area contributed by atoms with Crippen molar-refractivity contribution >= 4 is 5.91 Å². The molecule has 2 atom stereocenters. The van der Waals surface area contributed by atoms with E-state index in [2.05, 4.69) is 10.2 Å². The summed E-state index contributed by atoms with van der Waals surface area (Å²) in [4.78, 5) is 13.5. The highest BCUT2D eigenvalue weighted by atomic mass is 16.5. The maximum Gasteiger partial charge on any atom is 0.217 e. The Kier molecular flexibility index (Phi) is 6.24. The standard InChI is InChI=1S/C17H26N2O4/c1-12(20)18-15-6-8-19(9-7-16(15)21)11-13-4-5-14(22-2)10-17(13)23-3/h4-5,10,15-16,21H,6-9,11H2,1-3H3,(H,18,20)/t15-,16-/m0/s1. The normalized spacial score (nSPS) is 22.3. The zero-order valence-corrected chi connectivity index (χ0v) is 14.0. The van der Waals surface area contributed by atoms with E-state index in [9.17, 15) is 9.90 Å². The molecule has 2 rings (SSSR count). The number of methoxy groups -OCH3 is 2. The van der Waals surface area contributed by atoms with Crippen LogP contribution in [0.1, 0.15) is 25.3 Å². The first-order valence-corrected chi connectivity index (χ1v) is 7.92. The lowest BCUT2D eigenvalue weighted by Gasteiger charge is -2.21. The Morgan fingerprint density at radius 3 is 2.70 bits per heavy atom. The van der Waals surface area contributed by atoms with Crippen molar-refractivity contribution in [3.63, 3.8) is 0 Å². The van der Waals surface area contributed by atoms with Crippen molar-refractivity contribution in [3.8, 4) is 11.5 Å². The molecule has 1 saturated heterocycles. The summed E-state index contributed by atoms with van der Waals surface area (Å²) in [6, 6.07) is 5.63. The van der Waals surface area contributed by atoms with E-state index in [1.54, 1.807) is 14.2 Å². The molecular weight excluding hydrogens is 296 g/mol. The fraction of sp³-hybridized carbons (Fsp3) is 0.588. The summed E-state index contributed by atoms with van der Waals surface area (Å²) < 4.78 is 10.7. The van der Waals surface area contributed by atoms with Crippen LogP contribution in [0.5, 0.6) is 11.5 Å². The zero-order valence-electron chi connectivity index (χ0n) is 14.0. The van der Waals surface area contributed by atoms with Crippen LogP contribution in [0.4, 0.5) is 0 Å². The molecule has 0 aliphatic carbocycles. The molecule has 0 spiro atoms. The molecule has 1 aliphatic rings. The van der Waals surface area contributed by atoms with Gasteiger partial charge in [0.25, 0.3) is 0 Å². The van der Waals surface area contributed by atoms with Gasteiger partial charge in [-0.2, -0.15) is 0 Å². The number of nitrogens with one attached hydrogen (secondary N) is 1. The number of benzene rings is 1. The number of hydrogen-bond donors (Lipinski definition) is 2. The van der Waals surface area contributed by atoms with Crippen LogP contribution in [-0.2, 0) is 11.3 Å². The molecule has 23 heavy (non-hydrogen) atoms. The number of likely N-dealkylation sites (tertiary alicyclic amines) is 1. The fourth-order valence-electron chi connectivity index (χ4n) is 2.95. The monoisotopic (exact) mass is 322 g/mol. The summed E-state index contributed by atoms with van der Waals surface area (Å²) in [6.07, 6.45) is 0.879. The topological polar surface area (TPSA) is 71.0 Å². The van der Waals surface area contributed by atoms with Gasteiger partial charge >= 0.3 is 0 Å². The predicted octanol–water partition coefficient (Wildman–Crippen LogP) is 1.17. The summed E-state index contributed by atoms with van der Waals surface area (Å²) >= 11 is 0. The van der Waals surface area contributed by atoms with Gasteiger partial charge in [-0.3, -0.25) is 9.69 Å². The van der Waals surface area contributed by atoms with E-state index in [4.69, 9.17) is 9.47 Å². The van der Waals surface area contributed by atoms with Gasteiger partial charge in [-0.1, -0.05) is 6.07 Å². The SMILES string of the molecule is COc1ccc(CN2CC[C@H](NC(C)=O)[C@@H](O)CC2)c(OC)c1. The van der Waals surface area contributed by atoms with Crippen LogP contribution in [0.2, 0.25) is 0 Å². The highest BCUT2D eigenvalue weighted by Crippen LogP contribution is 2.26. The van der Waals surface area contributed by atoms with Crippen LogP contribution < -0.4 is 14.8 Å².